The summed E-state index contributed by atoms with van der Waals surface area (Å²) in [5.41, 5.74) is 9.70. The number of phenols is 2. The van der Waals surface area contributed by atoms with E-state index in [0.717, 1.165) is 23.2 Å². The maximum Gasteiger partial charge on any atom is 0.258 e. The summed E-state index contributed by atoms with van der Waals surface area (Å²) in [6, 6.07) is 7.68. The summed E-state index contributed by atoms with van der Waals surface area (Å²) >= 11 is 0. The van der Waals surface area contributed by atoms with E-state index in [9.17, 15) is 15.0 Å². The Labute approximate surface area is 122 Å². The predicted molar refractivity (Wildman–Crippen MR) is 80.7 cm³/mol. The van der Waals surface area contributed by atoms with E-state index in [1.165, 1.54) is 18.2 Å². The Morgan fingerprint density at radius 1 is 1.14 bits per heavy atom. The van der Waals surface area contributed by atoms with Gasteiger partial charge in [0, 0.05) is 29.5 Å². The number of fused-ring (bicyclic) bond motifs is 1. The van der Waals surface area contributed by atoms with Crippen molar-refractivity contribution in [3.63, 3.8) is 0 Å². The lowest BCUT2D eigenvalue weighted by molar-refractivity contribution is 0.0988. The van der Waals surface area contributed by atoms with Crippen LogP contribution in [0.4, 0.5) is 11.4 Å². The number of amides is 1. The average molecular weight is 284 g/mol. The number of carbonyl (C=O) groups excluding carboxylic acids is 1. The van der Waals surface area contributed by atoms with Crippen molar-refractivity contribution < 1.29 is 15.0 Å². The Balaban J connectivity index is 2.00. The van der Waals surface area contributed by atoms with E-state index in [1.54, 1.807) is 11.0 Å². The maximum absolute atomic E-state index is 12.6. The zero-order valence-corrected chi connectivity index (χ0v) is 11.6. The van der Waals surface area contributed by atoms with Crippen molar-refractivity contribution in [1.29, 1.82) is 0 Å². The van der Waals surface area contributed by atoms with Gasteiger partial charge in [-0.25, -0.2) is 0 Å². The van der Waals surface area contributed by atoms with Gasteiger partial charge in [0.05, 0.1) is 0 Å². The summed E-state index contributed by atoms with van der Waals surface area (Å²) < 4.78 is 0. The van der Waals surface area contributed by atoms with Crippen molar-refractivity contribution in [1.82, 2.24) is 0 Å². The first kappa shape index (κ1) is 13.3. The molecule has 0 unspecified atom stereocenters. The molecule has 0 atom stereocenters. The molecule has 1 aliphatic heterocycles. The Bertz CT molecular complexity index is 720. The number of anilines is 2. The highest BCUT2D eigenvalue weighted by Gasteiger charge is 2.26. The van der Waals surface area contributed by atoms with Crippen molar-refractivity contribution in [2.45, 2.75) is 13.3 Å². The summed E-state index contributed by atoms with van der Waals surface area (Å²) in [7, 11) is 0. The molecule has 3 rings (SSSR count). The van der Waals surface area contributed by atoms with Crippen LogP contribution >= 0.6 is 0 Å². The molecule has 0 fully saturated rings. The fourth-order valence-corrected chi connectivity index (χ4v) is 2.66. The smallest absolute Gasteiger partial charge is 0.258 e. The number of benzene rings is 2. The number of hydrogen-bond acceptors (Lipinski definition) is 4. The molecule has 108 valence electrons. The van der Waals surface area contributed by atoms with Crippen LogP contribution in [0.1, 0.15) is 21.5 Å². The molecule has 0 saturated carbocycles. The molecule has 1 heterocycles. The molecule has 0 radical (unpaired) electrons. The third-order valence-electron chi connectivity index (χ3n) is 3.76. The van der Waals surface area contributed by atoms with Gasteiger partial charge in [0.2, 0.25) is 0 Å². The lowest BCUT2D eigenvalue weighted by Gasteiger charge is -2.18. The predicted octanol–water partition coefficient (Wildman–Crippen LogP) is 2.19. The molecule has 2 aromatic carbocycles. The number of nitrogens with zero attached hydrogens (tertiary/aromatic N) is 1. The van der Waals surface area contributed by atoms with Crippen LogP contribution in [-0.2, 0) is 6.42 Å². The average Bonchev–Trinajstić information content (AvgIpc) is 2.80. The normalized spacial score (nSPS) is 13.3. The van der Waals surface area contributed by atoms with Gasteiger partial charge in [-0.1, -0.05) is 6.07 Å². The second kappa shape index (κ2) is 4.70. The second-order valence-corrected chi connectivity index (χ2v) is 5.28. The van der Waals surface area contributed by atoms with Gasteiger partial charge in [0.1, 0.15) is 11.5 Å². The standard InChI is InChI=1S/C16H16N2O3/c1-9-4-10-2-3-18(15(10)8-14(9)17)16(21)11-5-12(19)7-13(20)6-11/h4-8,19-20H,2-3,17H2,1H3. The van der Waals surface area contributed by atoms with Crippen LogP contribution in [0.3, 0.4) is 0 Å². The van der Waals surface area contributed by atoms with Gasteiger partial charge in [-0.05, 0) is 42.7 Å². The van der Waals surface area contributed by atoms with Gasteiger partial charge in [-0.3, -0.25) is 4.79 Å². The first-order valence-electron chi connectivity index (χ1n) is 6.69. The Morgan fingerprint density at radius 3 is 2.48 bits per heavy atom. The SMILES string of the molecule is Cc1cc2c(cc1N)N(C(=O)c1cc(O)cc(O)c1)CC2. The van der Waals surface area contributed by atoms with Crippen molar-refractivity contribution in [2.75, 3.05) is 17.2 Å². The van der Waals surface area contributed by atoms with E-state index in [1.807, 2.05) is 13.0 Å². The van der Waals surface area contributed by atoms with Crippen LogP contribution in [0, 0.1) is 6.92 Å². The van der Waals surface area contributed by atoms with E-state index in [0.29, 0.717) is 12.2 Å². The first-order chi connectivity index (χ1) is 9.95. The quantitative estimate of drug-likeness (QED) is 0.701. The molecular weight excluding hydrogens is 268 g/mol. The number of phenolic OH excluding ortho intramolecular Hbond substituents is 2. The van der Waals surface area contributed by atoms with E-state index >= 15 is 0 Å². The number of hydrogen-bond donors (Lipinski definition) is 3. The van der Waals surface area contributed by atoms with Crippen molar-refractivity contribution in [3.05, 3.63) is 47.0 Å². The van der Waals surface area contributed by atoms with Crippen molar-refractivity contribution in [3.8, 4) is 11.5 Å². The summed E-state index contributed by atoms with van der Waals surface area (Å²) in [6.07, 6.45) is 0.771. The molecule has 21 heavy (non-hydrogen) atoms. The van der Waals surface area contributed by atoms with Crippen LogP contribution < -0.4 is 10.6 Å². The zero-order chi connectivity index (χ0) is 15.1. The highest BCUT2D eigenvalue weighted by molar-refractivity contribution is 6.08. The highest BCUT2D eigenvalue weighted by atomic mass is 16.3. The molecule has 1 aliphatic rings. The largest absolute Gasteiger partial charge is 0.508 e. The van der Waals surface area contributed by atoms with Gasteiger partial charge in [-0.2, -0.15) is 0 Å². The number of rotatable bonds is 1. The number of nitrogen functional groups attached to an aromatic ring is 1. The minimum atomic E-state index is -0.261. The van der Waals surface area contributed by atoms with Crippen molar-refractivity contribution in [2.24, 2.45) is 0 Å². The molecular formula is C16H16N2O3. The summed E-state index contributed by atoms with van der Waals surface area (Å²) in [5.74, 6) is -0.536. The van der Waals surface area contributed by atoms with Gasteiger partial charge in [0.25, 0.3) is 5.91 Å². The zero-order valence-electron chi connectivity index (χ0n) is 11.6. The van der Waals surface area contributed by atoms with E-state index in [2.05, 4.69) is 0 Å². The Hall–Kier alpha value is -2.69. The second-order valence-electron chi connectivity index (χ2n) is 5.28. The van der Waals surface area contributed by atoms with Gasteiger partial charge in [-0.15, -0.1) is 0 Å². The summed E-state index contributed by atoms with van der Waals surface area (Å²) in [5, 5.41) is 19.0. The number of nitrogens with two attached hydrogens (primary N) is 1. The van der Waals surface area contributed by atoms with Crippen LogP contribution in [-0.4, -0.2) is 22.7 Å². The fraction of sp³-hybridized carbons (Fsp3) is 0.188. The molecule has 1 amide bonds. The molecule has 0 saturated heterocycles. The molecule has 5 nitrogen and oxygen atoms in total. The molecule has 0 aromatic heterocycles. The fourth-order valence-electron chi connectivity index (χ4n) is 2.66. The van der Waals surface area contributed by atoms with Crippen LogP contribution in [0.5, 0.6) is 11.5 Å². The highest BCUT2D eigenvalue weighted by Crippen LogP contribution is 2.33. The first-order valence-corrected chi connectivity index (χ1v) is 6.69. The van der Waals surface area contributed by atoms with Crippen LogP contribution in [0.15, 0.2) is 30.3 Å². The third-order valence-corrected chi connectivity index (χ3v) is 3.76. The maximum atomic E-state index is 12.6. The molecule has 5 heteroatoms. The Kier molecular flexibility index (Phi) is 2.97. The van der Waals surface area contributed by atoms with E-state index in [-0.39, 0.29) is 23.0 Å². The monoisotopic (exact) mass is 284 g/mol. The molecule has 0 bridgehead atoms. The van der Waals surface area contributed by atoms with Gasteiger partial charge < -0.3 is 20.8 Å². The molecule has 0 spiro atoms. The van der Waals surface area contributed by atoms with Gasteiger partial charge >= 0.3 is 0 Å². The van der Waals surface area contributed by atoms with Gasteiger partial charge in [0.15, 0.2) is 0 Å². The van der Waals surface area contributed by atoms with E-state index < -0.39 is 0 Å². The number of carbonyl (C=O) groups is 1. The van der Waals surface area contributed by atoms with Crippen LogP contribution in [0.2, 0.25) is 0 Å². The van der Waals surface area contributed by atoms with E-state index in [4.69, 9.17) is 5.73 Å². The third kappa shape index (κ3) is 2.27. The number of aryl methyl sites for hydroxylation is 1. The van der Waals surface area contributed by atoms with Crippen molar-refractivity contribution >= 4 is 17.3 Å². The molecule has 0 aliphatic carbocycles. The summed E-state index contributed by atoms with van der Waals surface area (Å²) in [6.45, 7) is 2.50. The molecule has 2 aromatic rings. The van der Waals surface area contributed by atoms with Crippen LogP contribution in [0.25, 0.3) is 0 Å². The summed E-state index contributed by atoms with van der Waals surface area (Å²) in [4.78, 5) is 14.2. The minimum Gasteiger partial charge on any atom is -0.508 e. The minimum absolute atomic E-state index is 0.138. The molecule has 4 N–H and O–H groups in total. The lowest BCUT2D eigenvalue weighted by atomic mass is 10.1. The Morgan fingerprint density at radius 2 is 1.81 bits per heavy atom. The number of aromatic hydroxyl groups is 2. The lowest BCUT2D eigenvalue weighted by Crippen LogP contribution is -2.28. The topological polar surface area (TPSA) is 86.8 Å².